The van der Waals surface area contributed by atoms with Crippen molar-refractivity contribution in [3.63, 3.8) is 0 Å². The number of carbonyl (C=O) groups excluding carboxylic acids is 2. The molecule has 2 aromatic rings. The average molecular weight is 380 g/mol. The third-order valence-electron chi connectivity index (χ3n) is 5.27. The van der Waals surface area contributed by atoms with Crippen molar-refractivity contribution in [3.05, 3.63) is 60.2 Å². The number of rotatable bonds is 6. The van der Waals surface area contributed by atoms with Crippen molar-refractivity contribution in [2.45, 2.75) is 19.8 Å². The summed E-state index contributed by atoms with van der Waals surface area (Å²) in [6, 6.07) is 18.4. The van der Waals surface area contributed by atoms with Gasteiger partial charge in [0.25, 0.3) is 0 Å². The van der Waals surface area contributed by atoms with Gasteiger partial charge in [-0.15, -0.1) is 0 Å². The van der Waals surface area contributed by atoms with Crippen molar-refractivity contribution in [1.82, 2.24) is 9.80 Å². The minimum atomic E-state index is -0.513. The Morgan fingerprint density at radius 3 is 2.36 bits per heavy atom. The van der Waals surface area contributed by atoms with Crippen LogP contribution in [0.25, 0.3) is 11.1 Å². The summed E-state index contributed by atoms with van der Waals surface area (Å²) >= 11 is 0. The molecule has 0 aromatic heterocycles. The lowest BCUT2D eigenvalue weighted by Gasteiger charge is -2.23. The van der Waals surface area contributed by atoms with Gasteiger partial charge in [-0.1, -0.05) is 61.5 Å². The number of carbonyl (C=O) groups is 2. The predicted molar refractivity (Wildman–Crippen MR) is 110 cm³/mol. The van der Waals surface area contributed by atoms with Crippen LogP contribution in [-0.2, 0) is 16.0 Å². The summed E-state index contributed by atoms with van der Waals surface area (Å²) in [6.07, 6.45) is 1.47. The third kappa shape index (κ3) is 4.78. The number of benzene rings is 2. The Balaban J connectivity index is 1.77. The van der Waals surface area contributed by atoms with Crippen LogP contribution in [0, 0.1) is 5.92 Å². The van der Waals surface area contributed by atoms with Crippen LogP contribution in [0.3, 0.4) is 0 Å². The highest BCUT2D eigenvalue weighted by atomic mass is 16.3. The highest BCUT2D eigenvalue weighted by Crippen LogP contribution is 2.22. The first-order valence-corrected chi connectivity index (χ1v) is 9.94. The summed E-state index contributed by atoms with van der Waals surface area (Å²) in [5.74, 6) is -0.495. The Kier molecular flexibility index (Phi) is 6.82. The van der Waals surface area contributed by atoms with E-state index >= 15 is 0 Å². The molecule has 148 valence electrons. The fourth-order valence-electron chi connectivity index (χ4n) is 3.76. The minimum absolute atomic E-state index is 0.0993. The molecule has 3 rings (SSSR count). The largest absolute Gasteiger partial charge is 0.387 e. The number of nitrogens with zero attached hydrogens (tertiary/aromatic N) is 2. The molecule has 0 bridgehead atoms. The quantitative estimate of drug-likeness (QED) is 0.838. The first-order valence-electron chi connectivity index (χ1n) is 9.94. The molecule has 5 nitrogen and oxygen atoms in total. The number of hydrogen-bond donors (Lipinski definition) is 1. The normalized spacial score (nSPS) is 17.5. The van der Waals surface area contributed by atoms with Gasteiger partial charge >= 0.3 is 0 Å². The molecular formula is C23H28N2O3. The molecule has 0 unspecified atom stereocenters. The smallest absolute Gasteiger partial charge is 0.248 e. The van der Waals surface area contributed by atoms with Crippen molar-refractivity contribution in [2.24, 2.45) is 5.92 Å². The molecule has 0 radical (unpaired) electrons. The van der Waals surface area contributed by atoms with Crippen LogP contribution in [0.1, 0.15) is 18.9 Å². The molecular weight excluding hydrogens is 352 g/mol. The number of aliphatic hydroxyl groups excluding tert-OH is 1. The summed E-state index contributed by atoms with van der Waals surface area (Å²) in [6.45, 7) is 3.60. The van der Waals surface area contributed by atoms with Gasteiger partial charge in [-0.2, -0.15) is 0 Å². The summed E-state index contributed by atoms with van der Waals surface area (Å²) in [5.41, 5.74) is 3.38. The first kappa shape index (κ1) is 20.1. The fourth-order valence-corrected chi connectivity index (χ4v) is 3.76. The Hall–Kier alpha value is -2.66. The Morgan fingerprint density at radius 1 is 1.04 bits per heavy atom. The lowest BCUT2D eigenvalue weighted by molar-refractivity contribution is -0.135. The second-order valence-electron chi connectivity index (χ2n) is 7.29. The predicted octanol–water partition coefficient (Wildman–Crippen LogP) is 2.59. The molecule has 1 N–H and O–H groups in total. The molecule has 28 heavy (non-hydrogen) atoms. The maximum absolute atomic E-state index is 13.0. The minimum Gasteiger partial charge on any atom is -0.387 e. The van der Waals surface area contributed by atoms with E-state index in [1.807, 2.05) is 30.0 Å². The fraction of sp³-hybridized carbons (Fsp3) is 0.391. The topological polar surface area (TPSA) is 60.9 Å². The lowest BCUT2D eigenvalue weighted by atomic mass is 9.95. The van der Waals surface area contributed by atoms with Crippen LogP contribution in [-0.4, -0.2) is 59.5 Å². The summed E-state index contributed by atoms with van der Waals surface area (Å²) < 4.78 is 0. The Bertz CT molecular complexity index is 789. The summed E-state index contributed by atoms with van der Waals surface area (Å²) in [4.78, 5) is 28.5. The molecule has 1 saturated heterocycles. The molecule has 0 aliphatic carbocycles. The van der Waals surface area contributed by atoms with Crippen LogP contribution in [0.15, 0.2) is 54.6 Å². The number of hydrogen-bond acceptors (Lipinski definition) is 3. The van der Waals surface area contributed by atoms with Gasteiger partial charge < -0.3 is 14.9 Å². The summed E-state index contributed by atoms with van der Waals surface area (Å²) in [7, 11) is 0. The van der Waals surface area contributed by atoms with Crippen LogP contribution < -0.4 is 0 Å². The van der Waals surface area contributed by atoms with Gasteiger partial charge in [-0.05, 0) is 29.5 Å². The average Bonchev–Trinajstić information content (AvgIpc) is 2.89. The van der Waals surface area contributed by atoms with E-state index in [9.17, 15) is 14.7 Å². The molecule has 1 fully saturated rings. The zero-order valence-electron chi connectivity index (χ0n) is 16.4. The van der Waals surface area contributed by atoms with E-state index in [4.69, 9.17) is 0 Å². The highest BCUT2D eigenvalue weighted by molar-refractivity contribution is 5.82. The molecule has 5 heteroatoms. The SMILES string of the molecule is CCCN1CCN(C(=O)CO)C[C@@H](Cc2ccc(-c3ccccc3)cc2)C1=O. The van der Waals surface area contributed by atoms with E-state index in [1.54, 1.807) is 4.90 Å². The van der Waals surface area contributed by atoms with Crippen LogP contribution in [0.4, 0.5) is 0 Å². The van der Waals surface area contributed by atoms with E-state index in [1.165, 1.54) is 0 Å². The Labute approximate surface area is 166 Å². The van der Waals surface area contributed by atoms with Crippen molar-refractivity contribution in [1.29, 1.82) is 0 Å². The molecule has 2 aromatic carbocycles. The molecule has 1 aliphatic rings. The molecule has 1 aliphatic heterocycles. The van der Waals surface area contributed by atoms with Gasteiger partial charge in [-0.25, -0.2) is 0 Å². The summed E-state index contributed by atoms with van der Waals surface area (Å²) in [5, 5.41) is 9.24. The first-order chi connectivity index (χ1) is 13.6. The molecule has 0 spiro atoms. The van der Waals surface area contributed by atoms with Gasteiger partial charge in [0.1, 0.15) is 6.61 Å². The van der Waals surface area contributed by atoms with Crippen molar-refractivity contribution < 1.29 is 14.7 Å². The van der Waals surface area contributed by atoms with Crippen molar-refractivity contribution in [3.8, 4) is 11.1 Å². The van der Waals surface area contributed by atoms with E-state index in [0.717, 1.165) is 23.1 Å². The van der Waals surface area contributed by atoms with Crippen LogP contribution in [0.5, 0.6) is 0 Å². The van der Waals surface area contributed by atoms with Crippen molar-refractivity contribution in [2.75, 3.05) is 32.8 Å². The van der Waals surface area contributed by atoms with E-state index in [-0.39, 0.29) is 17.7 Å². The monoisotopic (exact) mass is 380 g/mol. The molecule has 2 amide bonds. The van der Waals surface area contributed by atoms with Gasteiger partial charge in [0, 0.05) is 26.2 Å². The van der Waals surface area contributed by atoms with Crippen molar-refractivity contribution >= 4 is 11.8 Å². The second kappa shape index (κ2) is 9.51. The van der Waals surface area contributed by atoms with Gasteiger partial charge in [0.2, 0.25) is 11.8 Å². The van der Waals surface area contributed by atoms with Gasteiger partial charge in [0.15, 0.2) is 0 Å². The lowest BCUT2D eigenvalue weighted by Crippen LogP contribution is -2.39. The second-order valence-corrected chi connectivity index (χ2v) is 7.29. The maximum Gasteiger partial charge on any atom is 0.248 e. The molecule has 1 heterocycles. The highest BCUT2D eigenvalue weighted by Gasteiger charge is 2.31. The van der Waals surface area contributed by atoms with E-state index in [2.05, 4.69) is 36.4 Å². The maximum atomic E-state index is 13.0. The van der Waals surface area contributed by atoms with Crippen LogP contribution in [0.2, 0.25) is 0 Å². The molecule has 1 atom stereocenters. The number of aliphatic hydroxyl groups is 1. The number of amides is 2. The van der Waals surface area contributed by atoms with Gasteiger partial charge in [0.05, 0.1) is 5.92 Å². The third-order valence-corrected chi connectivity index (χ3v) is 5.27. The van der Waals surface area contributed by atoms with Gasteiger partial charge in [-0.3, -0.25) is 9.59 Å². The zero-order chi connectivity index (χ0) is 19.9. The van der Waals surface area contributed by atoms with Crippen LogP contribution >= 0.6 is 0 Å². The standard InChI is InChI=1S/C23H28N2O3/c1-2-12-24-13-14-25(22(27)17-26)16-21(23(24)28)15-18-8-10-20(11-9-18)19-6-4-3-5-7-19/h3-11,21,26H,2,12-17H2,1H3/t21-/m1/s1. The van der Waals surface area contributed by atoms with E-state index in [0.29, 0.717) is 32.6 Å². The molecule has 0 saturated carbocycles. The van der Waals surface area contributed by atoms with E-state index < -0.39 is 6.61 Å². The Morgan fingerprint density at radius 2 is 1.71 bits per heavy atom. The zero-order valence-corrected chi connectivity index (χ0v) is 16.4.